The maximum atomic E-state index is 14.2. The summed E-state index contributed by atoms with van der Waals surface area (Å²) in [6.07, 6.45) is 1.32. The van der Waals surface area contributed by atoms with Crippen molar-refractivity contribution in [2.45, 2.75) is 6.92 Å². The van der Waals surface area contributed by atoms with Crippen molar-refractivity contribution in [3.8, 4) is 23.3 Å². The Morgan fingerprint density at radius 2 is 1.46 bits per heavy atom. The molecule has 2 heterocycles. The highest BCUT2D eigenvalue weighted by Crippen LogP contribution is 2.33. The molecule has 0 aliphatic rings. The van der Waals surface area contributed by atoms with Gasteiger partial charge in [-0.25, -0.2) is 22.5 Å². The van der Waals surface area contributed by atoms with Crippen LogP contribution in [0.15, 0.2) is 36.5 Å². The zero-order chi connectivity index (χ0) is 18.8. The number of hydrogen-bond donors (Lipinski definition) is 0. The van der Waals surface area contributed by atoms with Gasteiger partial charge in [-0.3, -0.25) is 0 Å². The summed E-state index contributed by atoms with van der Waals surface area (Å²) in [4.78, 5) is 7.38. The standard InChI is InChI=1S/C17H9ClF4N2O2/c1-8-14(21)16(25-9-2-3-11(19)12(20)6-9)24-17(15(8)22)26-10-4-5-23-13(18)7-10/h2-7H,1H3. The first-order valence-corrected chi connectivity index (χ1v) is 7.51. The van der Waals surface area contributed by atoms with E-state index >= 15 is 0 Å². The Labute approximate surface area is 150 Å². The molecule has 4 nitrogen and oxygen atoms in total. The average molecular weight is 385 g/mol. The van der Waals surface area contributed by atoms with Crippen LogP contribution in [0.2, 0.25) is 5.15 Å². The van der Waals surface area contributed by atoms with Crippen molar-refractivity contribution in [2.75, 3.05) is 0 Å². The fraction of sp³-hybridized carbons (Fsp3) is 0.0588. The number of aromatic nitrogens is 2. The summed E-state index contributed by atoms with van der Waals surface area (Å²) >= 11 is 5.72. The van der Waals surface area contributed by atoms with Crippen LogP contribution in [0.5, 0.6) is 23.3 Å². The number of ether oxygens (including phenoxy) is 2. The van der Waals surface area contributed by atoms with E-state index in [9.17, 15) is 17.6 Å². The van der Waals surface area contributed by atoms with Crippen LogP contribution >= 0.6 is 11.6 Å². The smallest absolute Gasteiger partial charge is 0.259 e. The minimum Gasteiger partial charge on any atom is -0.436 e. The maximum Gasteiger partial charge on any atom is 0.259 e. The third kappa shape index (κ3) is 3.70. The maximum absolute atomic E-state index is 14.2. The van der Waals surface area contributed by atoms with Crippen LogP contribution in [0.25, 0.3) is 0 Å². The Bertz CT molecular complexity index is 985. The molecule has 2 aromatic heterocycles. The normalized spacial score (nSPS) is 10.7. The summed E-state index contributed by atoms with van der Waals surface area (Å²) in [7, 11) is 0. The predicted molar refractivity (Wildman–Crippen MR) is 84.6 cm³/mol. The molecule has 1 aromatic carbocycles. The lowest BCUT2D eigenvalue weighted by atomic mass is 10.2. The Kier molecular flexibility index (Phi) is 4.94. The number of pyridine rings is 2. The highest BCUT2D eigenvalue weighted by Gasteiger charge is 2.21. The number of hydrogen-bond acceptors (Lipinski definition) is 4. The van der Waals surface area contributed by atoms with E-state index in [0.717, 1.165) is 19.1 Å². The largest absolute Gasteiger partial charge is 0.436 e. The second kappa shape index (κ2) is 7.17. The van der Waals surface area contributed by atoms with Crippen LogP contribution in [-0.4, -0.2) is 9.97 Å². The van der Waals surface area contributed by atoms with Gasteiger partial charge >= 0.3 is 0 Å². The SMILES string of the molecule is Cc1c(F)c(Oc2ccnc(Cl)c2)nc(Oc2ccc(F)c(F)c2)c1F. The van der Waals surface area contributed by atoms with Crippen molar-refractivity contribution < 1.29 is 27.0 Å². The van der Waals surface area contributed by atoms with Gasteiger partial charge in [0.05, 0.1) is 0 Å². The topological polar surface area (TPSA) is 44.2 Å². The van der Waals surface area contributed by atoms with Crippen molar-refractivity contribution in [1.82, 2.24) is 9.97 Å². The van der Waals surface area contributed by atoms with Gasteiger partial charge in [-0.05, 0) is 25.1 Å². The van der Waals surface area contributed by atoms with E-state index in [-0.39, 0.29) is 16.7 Å². The van der Waals surface area contributed by atoms with E-state index in [1.165, 1.54) is 18.3 Å². The van der Waals surface area contributed by atoms with Gasteiger partial charge in [-0.15, -0.1) is 0 Å². The fourth-order valence-corrected chi connectivity index (χ4v) is 2.12. The first kappa shape index (κ1) is 17.9. The lowest BCUT2D eigenvalue weighted by Gasteiger charge is -2.12. The van der Waals surface area contributed by atoms with E-state index < -0.39 is 40.6 Å². The molecule has 9 heteroatoms. The minimum absolute atomic E-state index is 0.0972. The Hall–Kier alpha value is -2.87. The van der Waals surface area contributed by atoms with Crippen LogP contribution in [0.3, 0.4) is 0 Å². The van der Waals surface area contributed by atoms with E-state index in [2.05, 4.69) is 9.97 Å². The van der Waals surface area contributed by atoms with Gasteiger partial charge in [-0.2, -0.15) is 4.98 Å². The number of halogens is 5. The summed E-state index contributed by atoms with van der Waals surface area (Å²) in [5.74, 6) is -5.79. The van der Waals surface area contributed by atoms with Gasteiger partial charge < -0.3 is 9.47 Å². The summed E-state index contributed by atoms with van der Waals surface area (Å²) in [6, 6.07) is 5.27. The molecule has 0 unspecified atom stereocenters. The lowest BCUT2D eigenvalue weighted by molar-refractivity contribution is 0.370. The van der Waals surface area contributed by atoms with Crippen LogP contribution in [-0.2, 0) is 0 Å². The first-order valence-electron chi connectivity index (χ1n) is 7.13. The molecule has 0 spiro atoms. The molecule has 3 aromatic rings. The van der Waals surface area contributed by atoms with Crippen molar-refractivity contribution in [1.29, 1.82) is 0 Å². The summed E-state index contributed by atoms with van der Waals surface area (Å²) in [5.41, 5.74) is -0.423. The molecule has 0 aliphatic heterocycles. The van der Waals surface area contributed by atoms with Crippen molar-refractivity contribution in [3.63, 3.8) is 0 Å². The molecular weight excluding hydrogens is 376 g/mol. The molecule has 26 heavy (non-hydrogen) atoms. The quantitative estimate of drug-likeness (QED) is 0.435. The molecule has 0 aliphatic carbocycles. The average Bonchev–Trinajstić information content (AvgIpc) is 2.60. The van der Waals surface area contributed by atoms with E-state index in [1.807, 2.05) is 0 Å². The summed E-state index contributed by atoms with van der Waals surface area (Å²) < 4.78 is 65.1. The Morgan fingerprint density at radius 1 is 0.846 bits per heavy atom. The fourth-order valence-electron chi connectivity index (χ4n) is 1.95. The summed E-state index contributed by atoms with van der Waals surface area (Å²) in [5, 5.41) is 0.0972. The minimum atomic E-state index is -1.19. The van der Waals surface area contributed by atoms with Crippen LogP contribution in [0.1, 0.15) is 5.56 Å². The van der Waals surface area contributed by atoms with Crippen molar-refractivity contribution >= 4 is 11.6 Å². The molecule has 3 rings (SSSR count). The second-order valence-electron chi connectivity index (χ2n) is 5.07. The predicted octanol–water partition coefficient (Wildman–Crippen LogP) is 5.58. The monoisotopic (exact) mass is 384 g/mol. The molecule has 0 fully saturated rings. The molecule has 0 saturated heterocycles. The van der Waals surface area contributed by atoms with E-state index in [4.69, 9.17) is 21.1 Å². The van der Waals surface area contributed by atoms with Gasteiger partial charge in [0.2, 0.25) is 0 Å². The van der Waals surface area contributed by atoms with Gasteiger partial charge in [0.1, 0.15) is 16.7 Å². The third-order valence-corrected chi connectivity index (χ3v) is 3.46. The molecular formula is C17H9ClF4N2O2. The van der Waals surface area contributed by atoms with Crippen LogP contribution in [0, 0.1) is 30.2 Å². The zero-order valence-electron chi connectivity index (χ0n) is 13.1. The Morgan fingerprint density at radius 3 is 2.04 bits per heavy atom. The van der Waals surface area contributed by atoms with Crippen LogP contribution < -0.4 is 9.47 Å². The molecule has 0 bridgehead atoms. The molecule has 0 radical (unpaired) electrons. The Balaban J connectivity index is 1.97. The number of rotatable bonds is 4. The molecule has 0 saturated carbocycles. The molecule has 0 N–H and O–H groups in total. The molecule has 134 valence electrons. The van der Waals surface area contributed by atoms with Crippen molar-refractivity contribution in [3.05, 3.63) is 70.5 Å². The van der Waals surface area contributed by atoms with Crippen LogP contribution in [0.4, 0.5) is 17.6 Å². The number of nitrogens with zero attached hydrogens (tertiary/aromatic N) is 2. The highest BCUT2D eigenvalue weighted by atomic mass is 35.5. The van der Waals surface area contributed by atoms with Gasteiger partial charge in [0.15, 0.2) is 23.3 Å². The third-order valence-electron chi connectivity index (χ3n) is 3.26. The van der Waals surface area contributed by atoms with Gasteiger partial charge in [0.25, 0.3) is 11.8 Å². The first-order chi connectivity index (χ1) is 12.3. The van der Waals surface area contributed by atoms with Gasteiger partial charge in [0, 0.05) is 23.9 Å². The van der Waals surface area contributed by atoms with E-state index in [0.29, 0.717) is 6.07 Å². The molecule has 0 amide bonds. The van der Waals surface area contributed by atoms with E-state index in [1.54, 1.807) is 0 Å². The second-order valence-corrected chi connectivity index (χ2v) is 5.46. The number of benzene rings is 1. The lowest BCUT2D eigenvalue weighted by Crippen LogP contribution is -2.02. The zero-order valence-corrected chi connectivity index (χ0v) is 13.8. The summed E-state index contributed by atoms with van der Waals surface area (Å²) in [6.45, 7) is 1.15. The molecule has 0 atom stereocenters. The highest BCUT2D eigenvalue weighted by molar-refractivity contribution is 6.29. The van der Waals surface area contributed by atoms with Gasteiger partial charge in [-0.1, -0.05) is 11.6 Å². The van der Waals surface area contributed by atoms with Crippen molar-refractivity contribution in [2.24, 2.45) is 0 Å².